The van der Waals surface area contributed by atoms with Crippen molar-refractivity contribution in [3.63, 3.8) is 0 Å². The molecule has 122 valence electrons. The lowest BCUT2D eigenvalue weighted by molar-refractivity contribution is -0.118. The molecule has 0 radical (unpaired) electrons. The van der Waals surface area contributed by atoms with Gasteiger partial charge in [-0.3, -0.25) is 9.69 Å². The minimum absolute atomic E-state index is 0.0422. The predicted octanol–water partition coefficient (Wildman–Crippen LogP) is 2.73. The van der Waals surface area contributed by atoms with Gasteiger partial charge in [0.05, 0.1) is 12.2 Å². The number of rotatable bonds is 3. The number of hydrogen-bond donors (Lipinski definition) is 2. The Labute approximate surface area is 137 Å². The third-order valence-electron chi connectivity index (χ3n) is 4.03. The molecule has 2 rings (SSSR count). The van der Waals surface area contributed by atoms with Gasteiger partial charge in [0.25, 0.3) is 0 Å². The van der Waals surface area contributed by atoms with Crippen molar-refractivity contribution in [3.05, 3.63) is 28.2 Å². The van der Waals surface area contributed by atoms with Gasteiger partial charge in [-0.2, -0.15) is 0 Å². The van der Waals surface area contributed by atoms with Gasteiger partial charge < -0.3 is 11.1 Å². The van der Waals surface area contributed by atoms with Crippen molar-refractivity contribution < 1.29 is 13.6 Å². The minimum Gasteiger partial charge on any atom is -0.327 e. The molecule has 1 heterocycles. The standard InChI is InChI=1S/C15H20BrF2N3O/c1-15(2)8-21(4-3-12(15)19)7-13(22)20-14-10(16)5-9(17)6-11(14)18/h5-6,12H,3-4,7-8,19H2,1-2H3,(H,20,22). The third-order valence-corrected chi connectivity index (χ3v) is 4.66. The maximum Gasteiger partial charge on any atom is 0.238 e. The van der Waals surface area contributed by atoms with E-state index in [1.54, 1.807) is 0 Å². The van der Waals surface area contributed by atoms with Crippen molar-refractivity contribution in [1.29, 1.82) is 0 Å². The fourth-order valence-electron chi connectivity index (χ4n) is 2.66. The van der Waals surface area contributed by atoms with E-state index in [9.17, 15) is 13.6 Å². The number of carbonyl (C=O) groups is 1. The molecular formula is C15H20BrF2N3O. The molecule has 0 aliphatic carbocycles. The Morgan fingerprint density at radius 3 is 2.77 bits per heavy atom. The van der Waals surface area contributed by atoms with Crippen molar-refractivity contribution >= 4 is 27.5 Å². The van der Waals surface area contributed by atoms with Crippen LogP contribution in [0.5, 0.6) is 0 Å². The van der Waals surface area contributed by atoms with Crippen molar-refractivity contribution in [1.82, 2.24) is 4.90 Å². The zero-order valence-electron chi connectivity index (χ0n) is 12.6. The lowest BCUT2D eigenvalue weighted by Crippen LogP contribution is -2.53. The molecule has 1 fully saturated rings. The molecule has 1 atom stereocenters. The van der Waals surface area contributed by atoms with Gasteiger partial charge in [-0.25, -0.2) is 8.78 Å². The zero-order valence-corrected chi connectivity index (χ0v) is 14.2. The van der Waals surface area contributed by atoms with Gasteiger partial charge in [0.1, 0.15) is 5.82 Å². The number of nitrogens with two attached hydrogens (primary N) is 1. The van der Waals surface area contributed by atoms with Crippen LogP contribution in [0.2, 0.25) is 0 Å². The number of carbonyl (C=O) groups excluding carboxylic acids is 1. The second-order valence-corrected chi connectivity index (χ2v) is 7.24. The summed E-state index contributed by atoms with van der Waals surface area (Å²) < 4.78 is 26.9. The summed E-state index contributed by atoms with van der Waals surface area (Å²) in [5.41, 5.74) is 5.95. The largest absolute Gasteiger partial charge is 0.327 e. The van der Waals surface area contributed by atoms with Crippen LogP contribution in [0.15, 0.2) is 16.6 Å². The Hall–Kier alpha value is -1.05. The maximum absolute atomic E-state index is 13.7. The van der Waals surface area contributed by atoms with Gasteiger partial charge in [-0.1, -0.05) is 13.8 Å². The summed E-state index contributed by atoms with van der Waals surface area (Å²) in [6, 6.07) is 1.96. The summed E-state index contributed by atoms with van der Waals surface area (Å²) in [6.07, 6.45) is 0.814. The lowest BCUT2D eigenvalue weighted by Gasteiger charge is -2.42. The van der Waals surface area contributed by atoms with Crippen LogP contribution in [0.4, 0.5) is 14.5 Å². The summed E-state index contributed by atoms with van der Waals surface area (Å²) in [7, 11) is 0. The number of hydrogen-bond acceptors (Lipinski definition) is 3. The lowest BCUT2D eigenvalue weighted by atomic mass is 9.80. The maximum atomic E-state index is 13.7. The van der Waals surface area contributed by atoms with Crippen molar-refractivity contribution in [3.8, 4) is 0 Å². The Kier molecular flexibility index (Phi) is 5.19. The van der Waals surface area contributed by atoms with E-state index in [0.29, 0.717) is 6.54 Å². The number of likely N-dealkylation sites (tertiary alicyclic amines) is 1. The van der Waals surface area contributed by atoms with E-state index in [1.165, 1.54) is 0 Å². The first-order valence-electron chi connectivity index (χ1n) is 7.11. The van der Waals surface area contributed by atoms with Crippen molar-refractivity contribution in [2.24, 2.45) is 11.1 Å². The van der Waals surface area contributed by atoms with E-state index in [0.717, 1.165) is 25.1 Å². The van der Waals surface area contributed by atoms with Crippen LogP contribution >= 0.6 is 15.9 Å². The molecule has 1 amide bonds. The summed E-state index contributed by atoms with van der Waals surface area (Å²) in [6.45, 7) is 5.72. The molecule has 0 bridgehead atoms. The Morgan fingerprint density at radius 1 is 1.50 bits per heavy atom. The van der Waals surface area contributed by atoms with Gasteiger partial charge in [0.2, 0.25) is 5.91 Å². The molecule has 1 unspecified atom stereocenters. The molecule has 22 heavy (non-hydrogen) atoms. The highest BCUT2D eigenvalue weighted by atomic mass is 79.9. The Bertz CT molecular complexity index is 557. The highest BCUT2D eigenvalue weighted by Gasteiger charge is 2.34. The monoisotopic (exact) mass is 375 g/mol. The topological polar surface area (TPSA) is 58.4 Å². The number of nitrogens with zero attached hydrogens (tertiary/aromatic N) is 1. The first-order chi connectivity index (χ1) is 10.2. The summed E-state index contributed by atoms with van der Waals surface area (Å²) in [5, 5.41) is 2.49. The number of halogens is 3. The SMILES string of the molecule is CC1(C)CN(CC(=O)Nc2c(F)cc(F)cc2Br)CCC1N. The van der Waals surface area contributed by atoms with E-state index in [-0.39, 0.29) is 34.1 Å². The fraction of sp³-hybridized carbons (Fsp3) is 0.533. The van der Waals surface area contributed by atoms with E-state index < -0.39 is 11.6 Å². The van der Waals surface area contributed by atoms with Crippen LogP contribution in [-0.4, -0.2) is 36.5 Å². The van der Waals surface area contributed by atoms with Gasteiger partial charge >= 0.3 is 0 Å². The van der Waals surface area contributed by atoms with Crippen LogP contribution in [0.3, 0.4) is 0 Å². The van der Waals surface area contributed by atoms with Crippen molar-refractivity contribution in [2.45, 2.75) is 26.3 Å². The average molecular weight is 376 g/mol. The van der Waals surface area contributed by atoms with E-state index >= 15 is 0 Å². The van der Waals surface area contributed by atoms with Gasteiger partial charge in [0, 0.05) is 29.7 Å². The van der Waals surface area contributed by atoms with Crippen LogP contribution < -0.4 is 11.1 Å². The number of amides is 1. The van der Waals surface area contributed by atoms with E-state index in [1.807, 2.05) is 4.90 Å². The van der Waals surface area contributed by atoms with Crippen LogP contribution in [0, 0.1) is 17.0 Å². The quantitative estimate of drug-likeness (QED) is 0.853. The molecule has 3 N–H and O–H groups in total. The normalized spacial score (nSPS) is 21.6. The highest BCUT2D eigenvalue weighted by molar-refractivity contribution is 9.10. The van der Waals surface area contributed by atoms with Crippen LogP contribution in [-0.2, 0) is 4.79 Å². The number of piperidine rings is 1. The fourth-order valence-corrected chi connectivity index (χ4v) is 3.17. The molecule has 1 aromatic carbocycles. The van der Waals surface area contributed by atoms with E-state index in [4.69, 9.17) is 5.73 Å². The highest BCUT2D eigenvalue weighted by Crippen LogP contribution is 2.29. The molecule has 1 aliphatic heterocycles. The molecule has 1 saturated heterocycles. The minimum atomic E-state index is -0.804. The molecule has 0 spiro atoms. The second-order valence-electron chi connectivity index (χ2n) is 6.39. The van der Waals surface area contributed by atoms with Crippen LogP contribution in [0.25, 0.3) is 0 Å². The van der Waals surface area contributed by atoms with Gasteiger partial charge in [-0.05, 0) is 33.8 Å². The summed E-state index contributed by atoms with van der Waals surface area (Å²) in [5.74, 6) is -1.84. The van der Waals surface area contributed by atoms with Crippen LogP contribution in [0.1, 0.15) is 20.3 Å². The van der Waals surface area contributed by atoms with Gasteiger partial charge in [-0.15, -0.1) is 0 Å². The zero-order chi connectivity index (χ0) is 16.5. The molecule has 7 heteroatoms. The predicted molar refractivity (Wildman–Crippen MR) is 85.5 cm³/mol. The summed E-state index contributed by atoms with van der Waals surface area (Å²) in [4.78, 5) is 14.1. The molecule has 1 aromatic rings. The molecular weight excluding hydrogens is 356 g/mol. The molecule has 4 nitrogen and oxygen atoms in total. The smallest absolute Gasteiger partial charge is 0.238 e. The third kappa shape index (κ3) is 4.02. The first kappa shape index (κ1) is 17.3. The average Bonchev–Trinajstić information content (AvgIpc) is 2.38. The number of anilines is 1. The molecule has 1 aliphatic rings. The van der Waals surface area contributed by atoms with E-state index in [2.05, 4.69) is 35.1 Å². The number of benzene rings is 1. The molecule has 0 aromatic heterocycles. The molecule has 0 saturated carbocycles. The number of nitrogens with one attached hydrogen (secondary N) is 1. The van der Waals surface area contributed by atoms with Gasteiger partial charge in [0.15, 0.2) is 5.82 Å². The Balaban J connectivity index is 2.00. The van der Waals surface area contributed by atoms with Crippen molar-refractivity contribution in [2.75, 3.05) is 25.0 Å². The second kappa shape index (κ2) is 6.60. The Morgan fingerprint density at radius 2 is 2.18 bits per heavy atom. The summed E-state index contributed by atoms with van der Waals surface area (Å²) >= 11 is 3.05. The first-order valence-corrected chi connectivity index (χ1v) is 7.90.